The van der Waals surface area contributed by atoms with Gasteiger partial charge in [-0.3, -0.25) is 9.00 Å². The summed E-state index contributed by atoms with van der Waals surface area (Å²) in [5.74, 6) is 0.205. The third kappa shape index (κ3) is 4.53. The zero-order valence-corrected chi connectivity index (χ0v) is 13.7. The molecule has 0 aliphatic heterocycles. The van der Waals surface area contributed by atoms with Crippen molar-refractivity contribution in [1.82, 2.24) is 5.32 Å². The minimum atomic E-state index is -0.963. The molecule has 4 heteroatoms. The molecule has 2 rings (SSSR count). The molecule has 2 atom stereocenters. The van der Waals surface area contributed by atoms with Gasteiger partial charge < -0.3 is 5.32 Å². The van der Waals surface area contributed by atoms with Gasteiger partial charge in [-0.05, 0) is 29.7 Å². The van der Waals surface area contributed by atoms with Crippen LogP contribution in [0.15, 0.2) is 59.5 Å². The lowest BCUT2D eigenvalue weighted by Crippen LogP contribution is -2.22. The Balaban J connectivity index is 2.23. The molecular weight excluding hydrogens is 294 g/mol. The molecule has 3 nitrogen and oxygen atoms in total. The quantitative estimate of drug-likeness (QED) is 0.890. The molecule has 0 aromatic heterocycles. The highest BCUT2D eigenvalue weighted by Gasteiger charge is 2.14. The van der Waals surface area contributed by atoms with E-state index in [0.29, 0.717) is 6.54 Å². The van der Waals surface area contributed by atoms with Crippen molar-refractivity contribution < 1.29 is 9.00 Å². The third-order valence-corrected chi connectivity index (χ3v) is 4.56. The van der Waals surface area contributed by atoms with Crippen LogP contribution in [0.3, 0.4) is 0 Å². The molecule has 0 fully saturated rings. The first-order valence-electron chi connectivity index (χ1n) is 7.30. The summed E-state index contributed by atoms with van der Waals surface area (Å²) < 4.78 is 11.5. The molecule has 116 valence electrons. The van der Waals surface area contributed by atoms with E-state index in [1.807, 2.05) is 42.5 Å². The fraction of sp³-hybridized carbons (Fsp3) is 0.278. The van der Waals surface area contributed by atoms with Crippen LogP contribution in [0.25, 0.3) is 0 Å². The summed E-state index contributed by atoms with van der Waals surface area (Å²) >= 11 is 0. The molecule has 1 amide bonds. The van der Waals surface area contributed by atoms with Crippen LogP contribution in [0.1, 0.15) is 30.4 Å². The van der Waals surface area contributed by atoms with Crippen molar-refractivity contribution in [2.45, 2.75) is 24.2 Å². The maximum absolute atomic E-state index is 11.5. The van der Waals surface area contributed by atoms with Gasteiger partial charge in [-0.1, -0.05) is 42.5 Å². The second kappa shape index (κ2) is 7.90. The number of nitrogens with one attached hydrogen (secondary N) is 1. The molecule has 0 saturated heterocycles. The molecule has 0 spiro atoms. The van der Waals surface area contributed by atoms with Gasteiger partial charge in [0.05, 0.1) is 0 Å². The predicted molar refractivity (Wildman–Crippen MR) is 90.4 cm³/mol. The van der Waals surface area contributed by atoms with Crippen LogP contribution in [0.4, 0.5) is 0 Å². The van der Waals surface area contributed by atoms with E-state index in [4.69, 9.17) is 0 Å². The van der Waals surface area contributed by atoms with Gasteiger partial charge in [0.15, 0.2) is 0 Å². The van der Waals surface area contributed by atoms with E-state index in [-0.39, 0.29) is 11.8 Å². The van der Waals surface area contributed by atoms with Gasteiger partial charge in [-0.2, -0.15) is 0 Å². The number of carbonyl (C=O) groups is 1. The van der Waals surface area contributed by atoms with Crippen molar-refractivity contribution in [3.05, 3.63) is 65.7 Å². The van der Waals surface area contributed by atoms with Gasteiger partial charge in [0.2, 0.25) is 5.91 Å². The van der Waals surface area contributed by atoms with Crippen LogP contribution in [0, 0.1) is 0 Å². The fourth-order valence-corrected chi connectivity index (χ4v) is 3.01. The molecule has 0 unspecified atom stereocenters. The highest BCUT2D eigenvalue weighted by Crippen LogP contribution is 2.28. The normalized spacial score (nSPS) is 13.4. The van der Waals surface area contributed by atoms with Crippen LogP contribution < -0.4 is 5.32 Å². The summed E-state index contributed by atoms with van der Waals surface area (Å²) in [6.45, 7) is 2.17. The van der Waals surface area contributed by atoms with Crippen molar-refractivity contribution in [3.8, 4) is 0 Å². The summed E-state index contributed by atoms with van der Waals surface area (Å²) in [6, 6.07) is 18.1. The second-order valence-electron chi connectivity index (χ2n) is 5.26. The molecule has 22 heavy (non-hydrogen) atoms. The van der Waals surface area contributed by atoms with Crippen LogP contribution in [0.2, 0.25) is 0 Å². The Morgan fingerprint density at radius 1 is 1.05 bits per heavy atom. The van der Waals surface area contributed by atoms with Gasteiger partial charge in [0, 0.05) is 41.3 Å². The summed E-state index contributed by atoms with van der Waals surface area (Å²) in [5, 5.41) is 2.86. The molecule has 2 aromatic rings. The maximum atomic E-state index is 11.5. The zero-order valence-electron chi connectivity index (χ0n) is 12.9. The third-order valence-electron chi connectivity index (χ3n) is 3.62. The van der Waals surface area contributed by atoms with Crippen LogP contribution >= 0.6 is 0 Å². The largest absolute Gasteiger partial charge is 0.356 e. The highest BCUT2D eigenvalue weighted by molar-refractivity contribution is 7.84. The number of rotatable bonds is 6. The summed E-state index contributed by atoms with van der Waals surface area (Å²) in [4.78, 5) is 11.9. The fourth-order valence-electron chi connectivity index (χ4n) is 2.50. The average Bonchev–Trinajstić information content (AvgIpc) is 2.52. The monoisotopic (exact) mass is 315 g/mol. The van der Waals surface area contributed by atoms with E-state index in [9.17, 15) is 9.00 Å². The van der Waals surface area contributed by atoms with Crippen LogP contribution in [0.5, 0.6) is 0 Å². The molecule has 0 heterocycles. The number of carbonyl (C=O) groups excluding carboxylic acids is 1. The van der Waals surface area contributed by atoms with E-state index in [2.05, 4.69) is 17.4 Å². The van der Waals surface area contributed by atoms with Crippen molar-refractivity contribution in [3.63, 3.8) is 0 Å². The van der Waals surface area contributed by atoms with E-state index in [1.165, 1.54) is 18.1 Å². The van der Waals surface area contributed by atoms with E-state index >= 15 is 0 Å². The lowest BCUT2D eigenvalue weighted by Gasteiger charge is -2.18. The number of hydrogen-bond donors (Lipinski definition) is 1. The maximum Gasteiger partial charge on any atom is 0.216 e. The Morgan fingerprint density at radius 2 is 1.64 bits per heavy atom. The Labute approximate surface area is 134 Å². The highest BCUT2D eigenvalue weighted by atomic mass is 32.2. The lowest BCUT2D eigenvalue weighted by molar-refractivity contribution is -0.118. The predicted octanol–water partition coefficient (Wildman–Crippen LogP) is 3.08. The van der Waals surface area contributed by atoms with Gasteiger partial charge in [0.25, 0.3) is 0 Å². The van der Waals surface area contributed by atoms with Gasteiger partial charge in [-0.15, -0.1) is 0 Å². The first-order valence-corrected chi connectivity index (χ1v) is 8.86. The molecular formula is C18H21NO2S. The minimum Gasteiger partial charge on any atom is -0.356 e. The van der Waals surface area contributed by atoms with Gasteiger partial charge >= 0.3 is 0 Å². The molecule has 0 radical (unpaired) electrons. The summed E-state index contributed by atoms with van der Waals surface area (Å²) in [5.41, 5.74) is 2.39. The molecule has 0 bridgehead atoms. The average molecular weight is 315 g/mol. The SMILES string of the molecule is CC(=O)NCC[C@@H](c1ccccc1)c1ccc([S@](C)=O)cc1. The lowest BCUT2D eigenvalue weighted by atomic mass is 9.88. The van der Waals surface area contributed by atoms with Crippen molar-refractivity contribution in [2.24, 2.45) is 0 Å². The number of hydrogen-bond acceptors (Lipinski definition) is 2. The second-order valence-corrected chi connectivity index (χ2v) is 6.64. The molecule has 2 aromatic carbocycles. The molecule has 1 N–H and O–H groups in total. The first kappa shape index (κ1) is 16.4. The first-order chi connectivity index (χ1) is 10.6. The molecule has 0 saturated carbocycles. The van der Waals surface area contributed by atoms with Gasteiger partial charge in [0.1, 0.15) is 0 Å². The van der Waals surface area contributed by atoms with E-state index in [1.54, 1.807) is 6.26 Å². The van der Waals surface area contributed by atoms with Crippen molar-refractivity contribution in [1.29, 1.82) is 0 Å². The van der Waals surface area contributed by atoms with E-state index < -0.39 is 10.8 Å². The Hall–Kier alpha value is -1.94. The Bertz CT molecular complexity index is 638. The number of amides is 1. The standard InChI is InChI=1S/C18H21NO2S/c1-14(20)19-13-12-18(15-6-4-3-5-7-15)16-8-10-17(11-9-16)22(2)21/h3-11,18H,12-13H2,1-2H3,(H,19,20)/t18-,22-/m0/s1. The smallest absolute Gasteiger partial charge is 0.216 e. The van der Waals surface area contributed by atoms with Crippen LogP contribution in [-0.2, 0) is 15.6 Å². The van der Waals surface area contributed by atoms with Crippen molar-refractivity contribution in [2.75, 3.05) is 12.8 Å². The topological polar surface area (TPSA) is 46.2 Å². The Morgan fingerprint density at radius 3 is 2.18 bits per heavy atom. The van der Waals surface area contributed by atoms with Crippen LogP contribution in [-0.4, -0.2) is 22.9 Å². The zero-order chi connectivity index (χ0) is 15.9. The molecule has 0 aliphatic rings. The van der Waals surface area contributed by atoms with Crippen molar-refractivity contribution >= 4 is 16.7 Å². The minimum absolute atomic E-state index is 0.0106. The summed E-state index contributed by atoms with van der Waals surface area (Å²) in [7, 11) is -0.963. The Kier molecular flexibility index (Phi) is 5.90. The van der Waals surface area contributed by atoms with E-state index in [0.717, 1.165) is 11.3 Å². The summed E-state index contributed by atoms with van der Waals surface area (Å²) in [6.07, 6.45) is 2.51. The van der Waals surface area contributed by atoms with Gasteiger partial charge in [-0.25, -0.2) is 0 Å². The number of benzene rings is 2. The molecule has 0 aliphatic carbocycles.